The standard InChI is InChI=1S/C57H39N.CH3B3NP/c1-2-16-48(17-3-1)58-55-23-9-8-20-53(55)54-38-47(36-37-56(54)58)39-24-30-44(31-25-39)57(45-32-26-42(27-33-45)51-21-10-14-40-12-4-6-18-49(40)51)46-34-28-43(29-35-46)52-22-11-15-41-13-5-7-19-50(41)52;2-1-6(3,4)5/h1-38,57H;5H,1H2. The van der Waals surface area contributed by atoms with Crippen LogP contribution in [-0.4, -0.2) is 33.6 Å². The summed E-state index contributed by atoms with van der Waals surface area (Å²) in [6.07, 6.45) is 0. The highest BCUT2D eigenvalue weighted by atomic mass is 31.2. The zero-order chi connectivity index (χ0) is 43.6. The Morgan fingerprint density at radius 2 is 0.797 bits per heavy atom. The van der Waals surface area contributed by atoms with Crippen molar-refractivity contribution < 1.29 is 0 Å². The summed E-state index contributed by atoms with van der Waals surface area (Å²) in [6, 6.07) is 84.6. The summed E-state index contributed by atoms with van der Waals surface area (Å²) in [5.74, 6) is 0.0588. The topological polar surface area (TPSA) is 28.8 Å². The normalized spacial score (nSPS) is 11.6. The molecule has 0 fully saturated rings. The van der Waals surface area contributed by atoms with Crippen LogP contribution in [0.4, 0.5) is 0 Å². The van der Waals surface area contributed by atoms with Gasteiger partial charge >= 0.3 is 0 Å². The number of para-hydroxylation sites is 2. The minimum absolute atomic E-state index is 0.0588. The lowest BCUT2D eigenvalue weighted by Crippen LogP contribution is -2.03. The number of rotatable bonds is 8. The van der Waals surface area contributed by atoms with E-state index in [1.807, 2.05) is 0 Å². The van der Waals surface area contributed by atoms with Crippen LogP contribution >= 0.6 is 6.81 Å². The van der Waals surface area contributed by atoms with Crippen LogP contribution in [0.15, 0.2) is 231 Å². The average molecular weight is 830 g/mol. The summed E-state index contributed by atoms with van der Waals surface area (Å²) in [7, 11) is 14.8. The molecule has 10 aromatic carbocycles. The highest BCUT2D eigenvalue weighted by molar-refractivity contribution is 8.07. The largest absolute Gasteiger partial charge is 0.339 e. The molecule has 0 spiro atoms. The van der Waals surface area contributed by atoms with Crippen molar-refractivity contribution >= 4 is 73.1 Å². The number of nitrogens with one attached hydrogen (secondary N) is 1. The molecule has 0 atom stereocenters. The van der Waals surface area contributed by atoms with Crippen molar-refractivity contribution in [1.82, 2.24) is 4.57 Å². The summed E-state index contributed by atoms with van der Waals surface area (Å²) in [4.78, 5) is 0. The molecule has 0 unspecified atom stereocenters. The lowest BCUT2D eigenvalue weighted by atomic mass is 9.83. The quantitative estimate of drug-likeness (QED) is 0.0898. The second-order valence-corrected chi connectivity index (χ2v) is 18.6. The number of fused-ring (bicyclic) bond motifs is 5. The fraction of sp³-hybridized carbons (Fsp3) is 0.0345. The molecule has 0 aliphatic rings. The molecule has 1 heterocycles. The Hall–Kier alpha value is -7.06. The van der Waals surface area contributed by atoms with Crippen LogP contribution < -0.4 is 0 Å². The smallest absolute Gasteiger partial charge is 0.119 e. The number of nitrogens with zero attached hydrogens (tertiary/aromatic N) is 1. The first-order valence-corrected chi connectivity index (χ1v) is 23.7. The summed E-state index contributed by atoms with van der Waals surface area (Å²) in [5, 5.41) is 14.3. The third-order valence-electron chi connectivity index (χ3n) is 12.3. The fourth-order valence-electron chi connectivity index (χ4n) is 9.12. The van der Waals surface area contributed by atoms with Crippen LogP contribution in [-0.2, 0) is 0 Å². The first-order valence-electron chi connectivity index (χ1n) is 21.6. The molecule has 0 aliphatic carbocycles. The van der Waals surface area contributed by atoms with Crippen LogP contribution in [0, 0.1) is 5.16 Å². The molecule has 11 rings (SSSR count). The molecule has 0 aliphatic heterocycles. The third-order valence-corrected chi connectivity index (χ3v) is 12.9. The van der Waals surface area contributed by atoms with Gasteiger partial charge in [-0.05, 0) is 102 Å². The van der Waals surface area contributed by atoms with E-state index in [1.54, 1.807) is 0 Å². The SMILES string of the molecule is [B]CP([B])([B])=N.c1ccc(-n2c3ccccc3c3cc(-c4ccc(C(c5ccc(-c6cccc7ccccc67)cc5)c5ccc(-c6cccc7ccccc67)cc5)cc4)ccc32)cc1. The Bertz CT molecular complexity index is 3330. The van der Waals surface area contributed by atoms with Gasteiger partial charge in [-0.1, -0.05) is 206 Å². The maximum Gasteiger partial charge on any atom is 0.119 e. The van der Waals surface area contributed by atoms with E-state index in [0.29, 0.717) is 0 Å². The third kappa shape index (κ3) is 8.16. The van der Waals surface area contributed by atoms with Crippen LogP contribution in [0.5, 0.6) is 0 Å². The van der Waals surface area contributed by atoms with Crippen molar-refractivity contribution in [3.05, 3.63) is 247 Å². The van der Waals surface area contributed by atoms with E-state index in [-0.39, 0.29) is 12.0 Å². The summed E-state index contributed by atoms with van der Waals surface area (Å²) in [5.41, 5.74) is 14.8. The Labute approximate surface area is 379 Å². The first-order chi connectivity index (χ1) is 31.3. The van der Waals surface area contributed by atoms with E-state index in [4.69, 9.17) is 28.1 Å². The van der Waals surface area contributed by atoms with Crippen LogP contribution in [0.3, 0.4) is 0 Å². The number of hydrogen-bond donors (Lipinski definition) is 1. The molecule has 0 amide bonds. The van der Waals surface area contributed by atoms with E-state index in [2.05, 4.69) is 235 Å². The van der Waals surface area contributed by atoms with Gasteiger partial charge in [0, 0.05) is 22.4 Å². The highest BCUT2D eigenvalue weighted by Gasteiger charge is 2.19. The molecule has 1 N–H and O–H groups in total. The molecule has 1 aromatic heterocycles. The van der Waals surface area contributed by atoms with E-state index >= 15 is 0 Å². The maximum atomic E-state index is 6.72. The van der Waals surface area contributed by atoms with Crippen molar-refractivity contribution in [2.45, 2.75) is 5.92 Å². The molecule has 0 saturated heterocycles. The number of benzene rings is 10. The van der Waals surface area contributed by atoms with E-state index in [1.165, 1.54) is 99.1 Å². The first kappa shape index (κ1) is 41.0. The molecule has 0 bridgehead atoms. The van der Waals surface area contributed by atoms with Gasteiger partial charge in [-0.2, -0.15) is 0 Å². The van der Waals surface area contributed by atoms with E-state index in [9.17, 15) is 0 Å². The Morgan fingerprint density at radius 1 is 0.391 bits per heavy atom. The Balaban J connectivity index is 0.000000758. The van der Waals surface area contributed by atoms with Crippen molar-refractivity contribution in [1.29, 1.82) is 5.16 Å². The predicted octanol–water partition coefficient (Wildman–Crippen LogP) is 15.3. The summed E-state index contributed by atoms with van der Waals surface area (Å²) in [6.45, 7) is -2.37. The minimum Gasteiger partial charge on any atom is -0.339 e. The van der Waals surface area contributed by atoms with Crippen molar-refractivity contribution in [3.8, 4) is 39.1 Å². The number of aromatic nitrogens is 1. The fourth-order valence-corrected chi connectivity index (χ4v) is 9.12. The maximum absolute atomic E-state index is 6.72. The summed E-state index contributed by atoms with van der Waals surface area (Å²) >= 11 is 0. The molecule has 0 saturated carbocycles. The van der Waals surface area contributed by atoms with Crippen LogP contribution in [0.2, 0.25) is 0 Å². The Morgan fingerprint density at radius 3 is 1.31 bits per heavy atom. The monoisotopic (exact) mass is 830 g/mol. The van der Waals surface area contributed by atoms with Crippen molar-refractivity contribution in [3.63, 3.8) is 0 Å². The van der Waals surface area contributed by atoms with Gasteiger partial charge in [-0.3, -0.25) is 0 Å². The summed E-state index contributed by atoms with van der Waals surface area (Å²) < 4.78 is 2.37. The second kappa shape index (κ2) is 17.6. The minimum atomic E-state index is -2.37. The molecule has 2 nitrogen and oxygen atoms in total. The van der Waals surface area contributed by atoms with E-state index < -0.39 is 6.81 Å². The Kier molecular flexibility index (Phi) is 11.3. The molecule has 64 heavy (non-hydrogen) atoms. The highest BCUT2D eigenvalue weighted by Crippen LogP contribution is 2.39. The van der Waals surface area contributed by atoms with Gasteiger partial charge in [-0.15, -0.1) is 6.81 Å². The second-order valence-electron chi connectivity index (χ2n) is 16.4. The average Bonchev–Trinajstić information content (AvgIpc) is 3.68. The van der Waals surface area contributed by atoms with Gasteiger partial charge < -0.3 is 9.73 Å². The van der Waals surface area contributed by atoms with Crippen molar-refractivity contribution in [2.75, 3.05) is 6.06 Å². The van der Waals surface area contributed by atoms with Crippen LogP contribution in [0.1, 0.15) is 22.6 Å². The molecule has 6 radical (unpaired) electrons. The van der Waals surface area contributed by atoms with E-state index in [0.717, 1.165) is 0 Å². The zero-order valence-corrected chi connectivity index (χ0v) is 36.2. The van der Waals surface area contributed by atoms with Gasteiger partial charge in [0.2, 0.25) is 0 Å². The van der Waals surface area contributed by atoms with Crippen molar-refractivity contribution in [2.24, 2.45) is 0 Å². The van der Waals surface area contributed by atoms with Gasteiger partial charge in [0.05, 0.1) is 18.9 Å². The molecule has 298 valence electrons. The lowest BCUT2D eigenvalue weighted by Gasteiger charge is -2.21. The molecule has 11 aromatic rings. The van der Waals surface area contributed by atoms with Gasteiger partial charge in [-0.25, -0.2) is 0 Å². The lowest BCUT2D eigenvalue weighted by molar-refractivity contribution is 0.978. The van der Waals surface area contributed by atoms with Gasteiger partial charge in [0.1, 0.15) is 15.1 Å². The van der Waals surface area contributed by atoms with Gasteiger partial charge in [0.15, 0.2) is 0 Å². The molecular formula is C58H42B3N2P. The van der Waals surface area contributed by atoms with Crippen LogP contribution in [0.25, 0.3) is 82.4 Å². The zero-order valence-electron chi connectivity index (χ0n) is 35.4. The predicted molar refractivity (Wildman–Crippen MR) is 278 cm³/mol. The van der Waals surface area contributed by atoms with Gasteiger partial charge in [0.25, 0.3) is 0 Å². The number of hydrogen-bond acceptors (Lipinski definition) is 1. The molecule has 6 heteroatoms. The molecular weight excluding hydrogens is 788 g/mol.